The van der Waals surface area contributed by atoms with E-state index >= 15 is 0 Å². The lowest BCUT2D eigenvalue weighted by Crippen LogP contribution is -2.24. The van der Waals surface area contributed by atoms with E-state index in [-0.39, 0.29) is 12.5 Å². The normalized spacial score (nSPS) is 11.3. The van der Waals surface area contributed by atoms with Crippen molar-refractivity contribution >= 4 is 70.8 Å². The first-order chi connectivity index (χ1) is 15.8. The molecule has 0 unspecified atom stereocenters. The van der Waals surface area contributed by atoms with Crippen LogP contribution in [0.3, 0.4) is 0 Å². The average molecular weight is 635 g/mol. The van der Waals surface area contributed by atoms with Crippen LogP contribution >= 0.6 is 47.8 Å². The minimum absolute atomic E-state index is 0.193. The smallest absolute Gasteiger partial charge is 0.277 e. The summed E-state index contributed by atoms with van der Waals surface area (Å²) in [5.41, 5.74) is 7.27. The summed E-state index contributed by atoms with van der Waals surface area (Å²) < 4.78 is 10.5. The van der Waals surface area contributed by atoms with E-state index in [1.165, 1.54) is 0 Å². The average Bonchev–Trinajstić information content (AvgIpc) is 3.07. The maximum Gasteiger partial charge on any atom is 0.277 e. The molecule has 0 saturated carbocycles. The fraction of sp³-hybridized carbons (Fsp3) is 0.125. The van der Waals surface area contributed by atoms with Crippen LogP contribution in [0.4, 0.5) is 0 Å². The highest BCUT2D eigenvalue weighted by Crippen LogP contribution is 2.37. The number of aromatic nitrogens is 2. The summed E-state index contributed by atoms with van der Waals surface area (Å²) in [4.78, 5) is 16.7. The van der Waals surface area contributed by atoms with Gasteiger partial charge in [0.05, 0.1) is 10.7 Å². The minimum Gasteiger partial charge on any atom is -0.480 e. The van der Waals surface area contributed by atoms with Gasteiger partial charge in [-0.2, -0.15) is 5.10 Å². The van der Waals surface area contributed by atoms with Crippen molar-refractivity contribution in [2.75, 3.05) is 6.61 Å². The molecule has 9 heteroatoms. The first-order valence-corrected chi connectivity index (χ1v) is 12.4. The Labute approximate surface area is 216 Å². The first-order valence-electron chi connectivity index (χ1n) is 9.97. The number of hydrogen-bond donors (Lipinski definition) is 1. The standard InChI is InChI=1S/C24H19Br3N4O2/c1-14-10-16(15(2)31(14)18-7-5-17(25)6-8-18)12-29-30-22(32)13-33-24-21(27)11-20(26)19-4-3-9-28-23(19)24/h3-12H,13H2,1-2H3,(H,30,32)/b29-12+. The molecule has 2 aromatic heterocycles. The Morgan fingerprint density at radius 3 is 2.64 bits per heavy atom. The van der Waals surface area contributed by atoms with Crippen LogP contribution in [-0.2, 0) is 4.79 Å². The van der Waals surface area contributed by atoms with Crippen LogP contribution in [0.25, 0.3) is 16.6 Å². The van der Waals surface area contributed by atoms with Gasteiger partial charge in [0.2, 0.25) is 0 Å². The monoisotopic (exact) mass is 632 g/mol. The zero-order chi connectivity index (χ0) is 23.5. The molecule has 0 atom stereocenters. The highest BCUT2D eigenvalue weighted by molar-refractivity contribution is 9.11. The third-order valence-corrected chi connectivity index (χ3v) is 6.82. The Bertz CT molecular complexity index is 1360. The molecular weight excluding hydrogens is 616 g/mol. The van der Waals surface area contributed by atoms with Gasteiger partial charge in [-0.1, -0.05) is 37.9 Å². The summed E-state index contributed by atoms with van der Waals surface area (Å²) in [6.07, 6.45) is 3.32. The van der Waals surface area contributed by atoms with E-state index in [2.05, 4.69) is 67.9 Å². The quantitative estimate of drug-likeness (QED) is 0.196. The number of rotatable bonds is 6. The number of benzene rings is 2. The Hall–Kier alpha value is -2.49. The van der Waals surface area contributed by atoms with Crippen molar-refractivity contribution in [3.8, 4) is 11.4 Å². The number of carbonyl (C=O) groups is 1. The molecule has 33 heavy (non-hydrogen) atoms. The van der Waals surface area contributed by atoms with Crippen molar-refractivity contribution in [3.63, 3.8) is 0 Å². The summed E-state index contributed by atoms with van der Waals surface area (Å²) in [6, 6.07) is 15.8. The maximum absolute atomic E-state index is 12.3. The molecule has 168 valence electrons. The van der Waals surface area contributed by atoms with E-state index in [1.54, 1.807) is 12.4 Å². The zero-order valence-corrected chi connectivity index (χ0v) is 22.5. The number of carbonyl (C=O) groups excluding carboxylic acids is 1. The van der Waals surface area contributed by atoms with Gasteiger partial charge >= 0.3 is 0 Å². The van der Waals surface area contributed by atoms with Gasteiger partial charge in [0, 0.05) is 43.2 Å². The van der Waals surface area contributed by atoms with Crippen molar-refractivity contribution < 1.29 is 9.53 Å². The Balaban J connectivity index is 1.43. The van der Waals surface area contributed by atoms with Gasteiger partial charge in [-0.3, -0.25) is 9.78 Å². The number of fused-ring (bicyclic) bond motifs is 1. The van der Waals surface area contributed by atoms with Crippen molar-refractivity contribution in [3.05, 3.63) is 85.1 Å². The van der Waals surface area contributed by atoms with E-state index in [0.29, 0.717) is 15.7 Å². The molecule has 4 aromatic rings. The predicted octanol–water partition coefficient (Wildman–Crippen LogP) is 6.46. The molecule has 0 fully saturated rings. The Morgan fingerprint density at radius 1 is 1.12 bits per heavy atom. The van der Waals surface area contributed by atoms with Crippen molar-refractivity contribution in [1.29, 1.82) is 0 Å². The summed E-state index contributed by atoms with van der Waals surface area (Å²) in [5, 5.41) is 5.01. The van der Waals surface area contributed by atoms with E-state index in [9.17, 15) is 4.79 Å². The maximum atomic E-state index is 12.3. The Kier molecular flexibility index (Phi) is 7.31. The van der Waals surface area contributed by atoms with Crippen molar-refractivity contribution in [1.82, 2.24) is 15.0 Å². The van der Waals surface area contributed by atoms with E-state index in [4.69, 9.17) is 4.74 Å². The van der Waals surface area contributed by atoms with Crippen molar-refractivity contribution in [2.24, 2.45) is 5.10 Å². The molecule has 0 spiro atoms. The van der Waals surface area contributed by atoms with Gasteiger partial charge in [0.1, 0.15) is 5.52 Å². The van der Waals surface area contributed by atoms with Gasteiger partial charge in [0.25, 0.3) is 5.91 Å². The van der Waals surface area contributed by atoms with Gasteiger partial charge in [-0.25, -0.2) is 5.43 Å². The number of hydrogen-bond acceptors (Lipinski definition) is 4. The highest BCUT2D eigenvalue weighted by atomic mass is 79.9. The lowest BCUT2D eigenvalue weighted by molar-refractivity contribution is -0.123. The van der Waals surface area contributed by atoms with E-state index in [1.807, 2.05) is 62.4 Å². The molecule has 4 rings (SSSR count). The number of amides is 1. The van der Waals surface area contributed by atoms with Gasteiger partial charge < -0.3 is 9.30 Å². The first kappa shape index (κ1) is 23.7. The minimum atomic E-state index is -0.369. The second-order valence-corrected chi connectivity index (χ2v) is 9.91. The van der Waals surface area contributed by atoms with Crippen LogP contribution in [-0.4, -0.2) is 28.3 Å². The predicted molar refractivity (Wildman–Crippen MR) is 141 cm³/mol. The van der Waals surface area contributed by atoms with Crippen LogP contribution in [0.1, 0.15) is 17.0 Å². The third kappa shape index (κ3) is 5.20. The molecule has 2 aromatic carbocycles. The summed E-state index contributed by atoms with van der Waals surface area (Å²) in [5.74, 6) is 0.137. The summed E-state index contributed by atoms with van der Waals surface area (Å²) in [6.45, 7) is 3.86. The molecule has 0 radical (unpaired) electrons. The summed E-state index contributed by atoms with van der Waals surface area (Å²) in [7, 11) is 0. The number of nitrogens with one attached hydrogen (secondary N) is 1. The van der Waals surface area contributed by atoms with E-state index in [0.717, 1.165) is 37.0 Å². The molecular formula is C24H19Br3N4O2. The molecule has 2 heterocycles. The Morgan fingerprint density at radius 2 is 1.88 bits per heavy atom. The molecule has 6 nitrogen and oxygen atoms in total. The van der Waals surface area contributed by atoms with Gasteiger partial charge in [-0.05, 0) is 72.2 Å². The number of ether oxygens (including phenoxy) is 1. The number of halogens is 3. The van der Waals surface area contributed by atoms with Crippen LogP contribution in [0, 0.1) is 13.8 Å². The third-order valence-electron chi connectivity index (χ3n) is 5.05. The lowest BCUT2D eigenvalue weighted by Gasteiger charge is -2.11. The number of pyridine rings is 1. The van der Waals surface area contributed by atoms with Gasteiger partial charge in [0.15, 0.2) is 12.4 Å². The molecule has 0 aliphatic heterocycles. The fourth-order valence-electron chi connectivity index (χ4n) is 3.53. The molecule has 0 bridgehead atoms. The van der Waals surface area contributed by atoms with Crippen LogP contribution in [0.15, 0.2) is 73.2 Å². The van der Waals surface area contributed by atoms with Gasteiger partial charge in [-0.15, -0.1) is 0 Å². The molecule has 1 N–H and O–H groups in total. The van der Waals surface area contributed by atoms with E-state index < -0.39 is 0 Å². The number of aryl methyl sites for hydroxylation is 1. The molecule has 0 aliphatic rings. The SMILES string of the molecule is Cc1cc(/C=N/NC(=O)COc2c(Br)cc(Br)c3cccnc23)c(C)n1-c1ccc(Br)cc1. The molecule has 0 saturated heterocycles. The van der Waals surface area contributed by atoms with Crippen LogP contribution in [0.5, 0.6) is 5.75 Å². The largest absolute Gasteiger partial charge is 0.480 e. The van der Waals surface area contributed by atoms with Crippen LogP contribution < -0.4 is 10.2 Å². The number of nitrogens with zero attached hydrogens (tertiary/aromatic N) is 3. The molecule has 0 aliphatic carbocycles. The number of hydrazone groups is 1. The second-order valence-electron chi connectivity index (χ2n) is 7.29. The van der Waals surface area contributed by atoms with Crippen molar-refractivity contribution in [2.45, 2.75) is 13.8 Å². The zero-order valence-electron chi connectivity index (χ0n) is 17.8. The lowest BCUT2D eigenvalue weighted by atomic mass is 10.2. The summed E-state index contributed by atoms with van der Waals surface area (Å²) >= 11 is 10.5. The fourth-order valence-corrected chi connectivity index (χ4v) is 5.19. The topological polar surface area (TPSA) is 68.5 Å². The van der Waals surface area contributed by atoms with Crippen LogP contribution in [0.2, 0.25) is 0 Å². The molecule has 1 amide bonds. The highest BCUT2D eigenvalue weighted by Gasteiger charge is 2.14. The second kappa shape index (κ2) is 10.2.